The first-order chi connectivity index (χ1) is 3.97. The van der Waals surface area contributed by atoms with Crippen LogP contribution in [0.15, 0.2) is 0 Å². The lowest BCUT2D eigenvalue weighted by Gasteiger charge is -1.77. The van der Waals surface area contributed by atoms with E-state index in [-0.39, 0.29) is 0 Å². The van der Waals surface area contributed by atoms with Gasteiger partial charge < -0.3 is 5.73 Å². The second-order valence-electron chi connectivity index (χ2n) is 2.67. The Hall–Kier alpha value is -0.0400. The molecule has 0 atom stereocenters. The second kappa shape index (κ2) is 2.49. The van der Waals surface area contributed by atoms with E-state index < -0.39 is 0 Å². The Kier molecular flexibility index (Phi) is 1.90. The van der Waals surface area contributed by atoms with Crippen LogP contribution in [0.5, 0.6) is 0 Å². The van der Waals surface area contributed by atoms with Crippen LogP contribution in [-0.2, 0) is 0 Å². The quantitative estimate of drug-likeness (QED) is 0.546. The minimum Gasteiger partial charge on any atom is -0.333 e. The summed E-state index contributed by atoms with van der Waals surface area (Å²) in [6.45, 7) is 0. The van der Waals surface area contributed by atoms with Gasteiger partial charge in [0.15, 0.2) is 0 Å². The molecular formula is C7H15N. The predicted molar refractivity (Wildman–Crippen MR) is 35.6 cm³/mol. The van der Waals surface area contributed by atoms with E-state index >= 15 is 0 Å². The summed E-state index contributed by atoms with van der Waals surface area (Å²) >= 11 is 0. The number of hydrogen-bond donors (Lipinski definition) is 1. The normalized spacial score (nSPS) is 26.2. The van der Waals surface area contributed by atoms with Gasteiger partial charge in [0.25, 0.3) is 0 Å². The van der Waals surface area contributed by atoms with E-state index in [9.17, 15) is 0 Å². The van der Waals surface area contributed by atoms with Crippen molar-refractivity contribution in [3.8, 4) is 0 Å². The molecule has 0 unspecified atom stereocenters. The van der Waals surface area contributed by atoms with Gasteiger partial charge >= 0.3 is 0 Å². The predicted octanol–water partition coefficient (Wildman–Crippen LogP) is 1.38. The van der Waals surface area contributed by atoms with E-state index in [2.05, 4.69) is 5.73 Å². The molecule has 8 heavy (non-hydrogen) atoms. The maximum atomic E-state index is 4.50. The van der Waals surface area contributed by atoms with Crippen LogP contribution in [0.25, 0.3) is 0 Å². The smallest absolute Gasteiger partial charge is 0.0195 e. The van der Waals surface area contributed by atoms with Gasteiger partial charge in [-0.1, -0.05) is 0 Å². The number of rotatable bonds is 1. The van der Waals surface area contributed by atoms with Crippen molar-refractivity contribution in [2.45, 2.75) is 25.7 Å². The molecule has 0 aromatic carbocycles. The number of nitrogens with two attached hydrogens (primary N) is 1. The van der Waals surface area contributed by atoms with E-state index in [0.717, 1.165) is 0 Å². The molecule has 2 rings (SSSR count). The molecule has 0 aliphatic heterocycles. The van der Waals surface area contributed by atoms with E-state index in [1.807, 2.05) is 0 Å². The largest absolute Gasteiger partial charge is 0.333 e. The minimum absolute atomic E-state index is 1.21. The van der Waals surface area contributed by atoms with Crippen molar-refractivity contribution in [3.05, 3.63) is 0 Å². The number of hydrogen-bond acceptors (Lipinski definition) is 1. The first-order valence-electron chi connectivity index (χ1n) is 3.54. The summed E-state index contributed by atoms with van der Waals surface area (Å²) < 4.78 is 0. The Bertz CT molecular complexity index is 52.8. The van der Waals surface area contributed by atoms with Crippen molar-refractivity contribution < 1.29 is 0 Å². The fraction of sp³-hybridized carbons (Fsp3) is 1.00. The lowest BCUT2D eigenvalue weighted by atomic mass is 10.3. The highest BCUT2D eigenvalue weighted by Gasteiger charge is 2.37. The SMILES string of the molecule is C1CC1C1CC1.CN. The fourth-order valence-electron chi connectivity index (χ4n) is 1.14. The van der Waals surface area contributed by atoms with Crippen LogP contribution in [0.4, 0.5) is 0 Å². The van der Waals surface area contributed by atoms with Gasteiger partial charge in [-0.3, -0.25) is 0 Å². The summed E-state index contributed by atoms with van der Waals surface area (Å²) in [5.74, 6) is 2.43. The van der Waals surface area contributed by atoms with Crippen LogP contribution in [-0.4, -0.2) is 7.05 Å². The molecule has 2 aliphatic rings. The summed E-state index contributed by atoms with van der Waals surface area (Å²) in [4.78, 5) is 0. The first-order valence-corrected chi connectivity index (χ1v) is 3.54. The lowest BCUT2D eigenvalue weighted by Crippen LogP contribution is -1.70. The third-order valence-corrected chi connectivity index (χ3v) is 1.91. The van der Waals surface area contributed by atoms with Gasteiger partial charge in [0.05, 0.1) is 0 Å². The van der Waals surface area contributed by atoms with Gasteiger partial charge in [-0.25, -0.2) is 0 Å². The van der Waals surface area contributed by atoms with Crippen LogP contribution in [0, 0.1) is 11.8 Å². The Labute approximate surface area is 51.3 Å². The molecule has 2 saturated carbocycles. The molecule has 0 amide bonds. The molecular weight excluding hydrogens is 98.1 g/mol. The Morgan fingerprint density at radius 2 is 1.12 bits per heavy atom. The zero-order chi connectivity index (χ0) is 5.98. The molecule has 1 nitrogen and oxygen atoms in total. The third-order valence-electron chi connectivity index (χ3n) is 1.91. The summed E-state index contributed by atoms with van der Waals surface area (Å²) in [5.41, 5.74) is 4.50. The van der Waals surface area contributed by atoms with Gasteiger partial charge in [0, 0.05) is 0 Å². The Morgan fingerprint density at radius 3 is 1.25 bits per heavy atom. The average molecular weight is 113 g/mol. The lowest BCUT2D eigenvalue weighted by molar-refractivity contribution is 0.716. The minimum atomic E-state index is 1.21. The Balaban J connectivity index is 0.000000147. The van der Waals surface area contributed by atoms with Gasteiger partial charge in [-0.05, 0) is 44.6 Å². The van der Waals surface area contributed by atoms with Crippen LogP contribution in [0.1, 0.15) is 25.7 Å². The average Bonchev–Trinajstić information content (AvgIpc) is 2.66. The van der Waals surface area contributed by atoms with Gasteiger partial charge in [0.1, 0.15) is 0 Å². The van der Waals surface area contributed by atoms with Crippen LogP contribution >= 0.6 is 0 Å². The summed E-state index contributed by atoms with van der Waals surface area (Å²) in [5, 5.41) is 0. The van der Waals surface area contributed by atoms with Crippen LogP contribution < -0.4 is 5.73 Å². The van der Waals surface area contributed by atoms with Crippen LogP contribution in [0.3, 0.4) is 0 Å². The topological polar surface area (TPSA) is 26.0 Å². The maximum absolute atomic E-state index is 4.50. The molecule has 0 saturated heterocycles. The summed E-state index contributed by atoms with van der Waals surface area (Å²) in [6, 6.07) is 0. The molecule has 2 aliphatic carbocycles. The highest BCUT2D eigenvalue weighted by Crippen LogP contribution is 2.49. The van der Waals surface area contributed by atoms with E-state index in [1.54, 1.807) is 25.7 Å². The molecule has 1 heteroatoms. The van der Waals surface area contributed by atoms with Crippen molar-refractivity contribution in [3.63, 3.8) is 0 Å². The van der Waals surface area contributed by atoms with Crippen molar-refractivity contribution >= 4 is 0 Å². The van der Waals surface area contributed by atoms with E-state index in [0.29, 0.717) is 0 Å². The maximum Gasteiger partial charge on any atom is -0.0195 e. The molecule has 0 spiro atoms. The molecule has 0 aromatic rings. The zero-order valence-corrected chi connectivity index (χ0v) is 5.56. The first kappa shape index (κ1) is 6.09. The van der Waals surface area contributed by atoms with Crippen molar-refractivity contribution in [2.75, 3.05) is 7.05 Å². The molecule has 0 radical (unpaired) electrons. The molecule has 2 fully saturated rings. The molecule has 0 heterocycles. The summed E-state index contributed by atoms with van der Waals surface area (Å²) in [6.07, 6.45) is 6.24. The summed E-state index contributed by atoms with van der Waals surface area (Å²) in [7, 11) is 1.50. The monoisotopic (exact) mass is 113 g/mol. The highest BCUT2D eigenvalue weighted by atomic mass is 14.4. The van der Waals surface area contributed by atoms with Crippen molar-refractivity contribution in [1.82, 2.24) is 0 Å². The zero-order valence-electron chi connectivity index (χ0n) is 5.56. The van der Waals surface area contributed by atoms with E-state index in [1.165, 1.54) is 18.9 Å². The molecule has 48 valence electrons. The molecule has 2 N–H and O–H groups in total. The Morgan fingerprint density at radius 1 is 0.875 bits per heavy atom. The molecule has 0 aromatic heterocycles. The fourth-order valence-corrected chi connectivity index (χ4v) is 1.14. The van der Waals surface area contributed by atoms with Crippen molar-refractivity contribution in [2.24, 2.45) is 17.6 Å². The van der Waals surface area contributed by atoms with Gasteiger partial charge in [0.2, 0.25) is 0 Å². The third kappa shape index (κ3) is 1.48. The van der Waals surface area contributed by atoms with Crippen LogP contribution in [0.2, 0.25) is 0 Å². The highest BCUT2D eigenvalue weighted by molar-refractivity contribution is 4.89. The van der Waals surface area contributed by atoms with E-state index in [4.69, 9.17) is 0 Å². The van der Waals surface area contributed by atoms with Crippen molar-refractivity contribution in [1.29, 1.82) is 0 Å². The second-order valence-corrected chi connectivity index (χ2v) is 2.67. The standard InChI is InChI=1S/C6H10.CH5N/c1-2-5(1)6-3-4-6;1-2/h5-6H,1-4H2;2H2,1H3. The van der Waals surface area contributed by atoms with Gasteiger partial charge in [-0.2, -0.15) is 0 Å². The van der Waals surface area contributed by atoms with Gasteiger partial charge in [-0.15, -0.1) is 0 Å². The molecule has 0 bridgehead atoms.